The minimum absolute atomic E-state index is 0.0316. The Bertz CT molecular complexity index is 694. The molecule has 19 heavy (non-hydrogen) atoms. The van der Waals surface area contributed by atoms with Gasteiger partial charge in [-0.25, -0.2) is 8.42 Å². The molecule has 0 bridgehead atoms. The molecule has 1 heterocycles. The number of hydrogen-bond acceptors (Lipinski definition) is 3. The molecule has 6 heteroatoms. The van der Waals surface area contributed by atoms with Crippen molar-refractivity contribution in [3.05, 3.63) is 52.8 Å². The Morgan fingerprint density at radius 2 is 1.79 bits per heavy atom. The highest BCUT2D eigenvalue weighted by molar-refractivity contribution is 7.92. The van der Waals surface area contributed by atoms with Gasteiger partial charge >= 0.3 is 0 Å². The molecule has 0 spiro atoms. The van der Waals surface area contributed by atoms with Crippen LogP contribution >= 0.6 is 11.6 Å². The highest BCUT2D eigenvalue weighted by atomic mass is 35.5. The van der Waals surface area contributed by atoms with E-state index < -0.39 is 10.0 Å². The number of halogens is 1. The monoisotopic (exact) mass is 296 g/mol. The van der Waals surface area contributed by atoms with Crippen molar-refractivity contribution in [1.29, 1.82) is 0 Å². The van der Waals surface area contributed by atoms with Crippen LogP contribution in [0.5, 0.6) is 0 Å². The highest BCUT2D eigenvalue weighted by Gasteiger charge is 2.18. The lowest BCUT2D eigenvalue weighted by atomic mass is 10.1. The first-order valence-corrected chi connectivity index (χ1v) is 7.45. The van der Waals surface area contributed by atoms with Crippen LogP contribution < -0.4 is 4.72 Å². The van der Waals surface area contributed by atoms with Gasteiger partial charge in [-0.2, -0.15) is 0 Å². The molecule has 0 aliphatic rings. The number of nitrogens with zero attached hydrogens (tertiary/aromatic N) is 1. The van der Waals surface area contributed by atoms with E-state index in [2.05, 4.69) is 9.71 Å². The van der Waals surface area contributed by atoms with Crippen molar-refractivity contribution in [1.82, 2.24) is 4.98 Å². The average Bonchev–Trinajstić information content (AvgIpc) is 2.26. The summed E-state index contributed by atoms with van der Waals surface area (Å²) in [4.78, 5) is 3.75. The summed E-state index contributed by atoms with van der Waals surface area (Å²) in [6, 6.07) is 6.93. The van der Waals surface area contributed by atoms with Crippen molar-refractivity contribution in [3.63, 3.8) is 0 Å². The Morgan fingerprint density at radius 3 is 2.37 bits per heavy atom. The number of sulfonamides is 1. The Hall–Kier alpha value is -1.59. The van der Waals surface area contributed by atoms with E-state index in [-0.39, 0.29) is 9.92 Å². The lowest BCUT2D eigenvalue weighted by Crippen LogP contribution is -2.14. The zero-order valence-electron chi connectivity index (χ0n) is 10.5. The summed E-state index contributed by atoms with van der Waals surface area (Å²) in [6.45, 7) is 3.81. The molecule has 1 aromatic heterocycles. The molecule has 2 rings (SSSR count). The van der Waals surface area contributed by atoms with Crippen molar-refractivity contribution < 1.29 is 8.42 Å². The minimum Gasteiger partial charge on any atom is -0.280 e. The number of rotatable bonds is 3. The number of pyridine rings is 1. The largest absolute Gasteiger partial charge is 0.280 e. The molecule has 1 N–H and O–H groups in total. The number of anilines is 1. The van der Waals surface area contributed by atoms with Crippen LogP contribution in [-0.2, 0) is 10.0 Å². The predicted octanol–water partition coefficient (Wildman–Crippen LogP) is 3.15. The fraction of sp³-hybridized carbons (Fsp3) is 0.154. The Balaban J connectivity index is 2.39. The van der Waals surface area contributed by atoms with E-state index in [9.17, 15) is 8.42 Å². The fourth-order valence-electron chi connectivity index (χ4n) is 1.80. The van der Waals surface area contributed by atoms with E-state index in [1.54, 1.807) is 12.1 Å². The summed E-state index contributed by atoms with van der Waals surface area (Å²) in [5.41, 5.74) is 2.47. The first-order valence-electron chi connectivity index (χ1n) is 5.59. The van der Waals surface area contributed by atoms with E-state index >= 15 is 0 Å². The van der Waals surface area contributed by atoms with Gasteiger partial charge in [-0.1, -0.05) is 17.7 Å². The number of nitrogens with one attached hydrogen (secondary N) is 1. The van der Waals surface area contributed by atoms with Gasteiger partial charge in [-0.3, -0.25) is 9.71 Å². The zero-order valence-corrected chi connectivity index (χ0v) is 12.1. The molecule has 1 aromatic carbocycles. The van der Waals surface area contributed by atoms with Gasteiger partial charge in [-0.05, 0) is 43.2 Å². The summed E-state index contributed by atoms with van der Waals surface area (Å²) in [5, 5.41) is 0.145. The minimum atomic E-state index is -3.72. The van der Waals surface area contributed by atoms with Gasteiger partial charge in [0.25, 0.3) is 10.0 Å². The average molecular weight is 297 g/mol. The van der Waals surface area contributed by atoms with Crippen LogP contribution in [0, 0.1) is 13.8 Å². The number of aryl methyl sites for hydroxylation is 2. The van der Waals surface area contributed by atoms with Gasteiger partial charge in [0, 0.05) is 18.1 Å². The van der Waals surface area contributed by atoms with Crippen LogP contribution in [0.3, 0.4) is 0 Å². The standard InChI is InChI=1S/C13H13ClN2O2S/c1-9-5-10(2)7-11(6-9)16-19(17,18)13-8-15-4-3-12(13)14/h3-8,16H,1-2H3. The normalized spacial score (nSPS) is 11.3. The number of benzene rings is 1. The van der Waals surface area contributed by atoms with Crippen LogP contribution in [0.25, 0.3) is 0 Å². The van der Waals surface area contributed by atoms with Crippen molar-refractivity contribution >= 4 is 27.3 Å². The third-order valence-electron chi connectivity index (χ3n) is 2.50. The lowest BCUT2D eigenvalue weighted by Gasteiger charge is -2.10. The first-order chi connectivity index (χ1) is 8.88. The maximum atomic E-state index is 12.2. The third-order valence-corrected chi connectivity index (χ3v) is 4.35. The van der Waals surface area contributed by atoms with E-state index in [1.807, 2.05) is 19.9 Å². The SMILES string of the molecule is Cc1cc(C)cc(NS(=O)(=O)c2cnccc2Cl)c1. The van der Waals surface area contributed by atoms with E-state index in [0.29, 0.717) is 5.69 Å². The Labute approximate surface area is 117 Å². The molecular weight excluding hydrogens is 284 g/mol. The molecular formula is C13H13ClN2O2S. The molecule has 0 saturated heterocycles. The Morgan fingerprint density at radius 1 is 1.16 bits per heavy atom. The molecule has 0 radical (unpaired) electrons. The second-order valence-electron chi connectivity index (χ2n) is 4.29. The topological polar surface area (TPSA) is 59.1 Å². The Kier molecular flexibility index (Phi) is 3.78. The lowest BCUT2D eigenvalue weighted by molar-refractivity contribution is 0.601. The van der Waals surface area contributed by atoms with Gasteiger partial charge in [0.15, 0.2) is 0 Å². The second-order valence-corrected chi connectivity index (χ2v) is 6.35. The molecule has 0 unspecified atom stereocenters. The maximum Gasteiger partial charge on any atom is 0.264 e. The van der Waals surface area contributed by atoms with Crippen molar-refractivity contribution in [2.75, 3.05) is 4.72 Å². The number of aromatic nitrogens is 1. The summed E-state index contributed by atoms with van der Waals surface area (Å²) in [5.74, 6) is 0. The van der Waals surface area contributed by atoms with E-state index in [4.69, 9.17) is 11.6 Å². The van der Waals surface area contributed by atoms with Crippen LogP contribution in [0.2, 0.25) is 5.02 Å². The van der Waals surface area contributed by atoms with Gasteiger partial charge in [0.05, 0.1) is 5.02 Å². The molecule has 0 saturated carbocycles. The molecule has 0 atom stereocenters. The predicted molar refractivity (Wildman–Crippen MR) is 76.0 cm³/mol. The molecule has 0 aliphatic heterocycles. The second kappa shape index (κ2) is 5.19. The maximum absolute atomic E-state index is 12.2. The van der Waals surface area contributed by atoms with Crippen LogP contribution in [-0.4, -0.2) is 13.4 Å². The van der Waals surface area contributed by atoms with Crippen LogP contribution in [0.1, 0.15) is 11.1 Å². The van der Waals surface area contributed by atoms with Gasteiger partial charge < -0.3 is 0 Å². The fourth-order valence-corrected chi connectivity index (χ4v) is 3.28. The molecule has 0 fully saturated rings. The van der Waals surface area contributed by atoms with Crippen molar-refractivity contribution in [2.45, 2.75) is 18.7 Å². The van der Waals surface area contributed by atoms with Gasteiger partial charge in [0.2, 0.25) is 0 Å². The molecule has 4 nitrogen and oxygen atoms in total. The van der Waals surface area contributed by atoms with E-state index in [1.165, 1.54) is 18.5 Å². The third kappa shape index (κ3) is 3.24. The molecule has 0 aliphatic carbocycles. The molecule has 0 amide bonds. The first kappa shape index (κ1) is 13.8. The summed E-state index contributed by atoms with van der Waals surface area (Å²) >= 11 is 5.88. The summed E-state index contributed by atoms with van der Waals surface area (Å²) in [7, 11) is -3.72. The quantitative estimate of drug-likeness (QED) is 0.946. The van der Waals surface area contributed by atoms with Crippen LogP contribution in [0.15, 0.2) is 41.6 Å². The zero-order chi connectivity index (χ0) is 14.0. The van der Waals surface area contributed by atoms with Crippen LogP contribution in [0.4, 0.5) is 5.69 Å². The van der Waals surface area contributed by atoms with Crippen molar-refractivity contribution in [2.24, 2.45) is 0 Å². The van der Waals surface area contributed by atoms with Crippen molar-refractivity contribution in [3.8, 4) is 0 Å². The molecule has 2 aromatic rings. The van der Waals surface area contributed by atoms with E-state index in [0.717, 1.165) is 11.1 Å². The number of hydrogen-bond donors (Lipinski definition) is 1. The van der Waals surface area contributed by atoms with Gasteiger partial charge in [-0.15, -0.1) is 0 Å². The molecule has 100 valence electrons. The van der Waals surface area contributed by atoms with Gasteiger partial charge in [0.1, 0.15) is 4.90 Å². The summed E-state index contributed by atoms with van der Waals surface area (Å²) < 4.78 is 26.9. The highest BCUT2D eigenvalue weighted by Crippen LogP contribution is 2.23. The smallest absolute Gasteiger partial charge is 0.264 e. The summed E-state index contributed by atoms with van der Waals surface area (Å²) in [6.07, 6.45) is 2.67.